The summed E-state index contributed by atoms with van der Waals surface area (Å²) in [6.45, 7) is 6.32. The summed E-state index contributed by atoms with van der Waals surface area (Å²) >= 11 is 1.55. The van der Waals surface area contributed by atoms with Crippen molar-refractivity contribution in [1.29, 1.82) is 0 Å². The van der Waals surface area contributed by atoms with Crippen LogP contribution in [0.4, 0.5) is 0 Å². The maximum atomic E-state index is 10.1. The zero-order valence-electron chi connectivity index (χ0n) is 7.07. The van der Waals surface area contributed by atoms with Crippen LogP contribution in [0.2, 0.25) is 0 Å². The quantitative estimate of drug-likeness (QED) is 0.665. The molecule has 2 nitrogen and oxygen atoms in total. The van der Waals surface area contributed by atoms with Gasteiger partial charge in [-0.25, -0.2) is 4.79 Å². The van der Waals surface area contributed by atoms with Gasteiger partial charge in [-0.3, -0.25) is 0 Å². The van der Waals surface area contributed by atoms with Crippen molar-refractivity contribution in [3.05, 3.63) is 11.5 Å². The average Bonchev–Trinajstić information content (AvgIpc) is 1.86. The van der Waals surface area contributed by atoms with E-state index in [0.29, 0.717) is 11.2 Å². The van der Waals surface area contributed by atoms with Crippen LogP contribution in [-0.4, -0.2) is 16.3 Å². The summed E-state index contributed by atoms with van der Waals surface area (Å²) in [7, 11) is 0. The van der Waals surface area contributed by atoms with Crippen molar-refractivity contribution >= 4 is 17.7 Å². The van der Waals surface area contributed by atoms with Crippen LogP contribution in [0.3, 0.4) is 0 Å². The number of thioether (sulfide) groups is 1. The lowest BCUT2D eigenvalue weighted by atomic mass is 10.2. The van der Waals surface area contributed by atoms with E-state index in [-0.39, 0.29) is 0 Å². The van der Waals surface area contributed by atoms with E-state index < -0.39 is 5.97 Å². The predicted molar refractivity (Wildman–Crippen MR) is 48.7 cm³/mol. The van der Waals surface area contributed by atoms with Gasteiger partial charge in [-0.1, -0.05) is 20.8 Å². The molecule has 0 saturated heterocycles. The minimum Gasteiger partial charge on any atom is -0.478 e. The summed E-state index contributed by atoms with van der Waals surface area (Å²) in [6.07, 6.45) is 1.17. The van der Waals surface area contributed by atoms with Gasteiger partial charge in [0.1, 0.15) is 0 Å². The summed E-state index contributed by atoms with van der Waals surface area (Å²) in [5, 5.41) is 10.4. The van der Waals surface area contributed by atoms with Gasteiger partial charge in [0, 0.05) is 11.3 Å². The highest BCUT2D eigenvalue weighted by molar-refractivity contribution is 8.02. The Morgan fingerprint density at radius 2 is 2.00 bits per heavy atom. The van der Waals surface area contributed by atoms with Crippen LogP contribution in [0.15, 0.2) is 11.5 Å². The molecule has 1 unspecified atom stereocenters. The third kappa shape index (κ3) is 5.98. The number of carboxylic acid groups (broad SMARTS) is 1. The normalized spacial score (nSPS) is 14.2. The van der Waals surface area contributed by atoms with Crippen molar-refractivity contribution in [2.75, 3.05) is 0 Å². The molecule has 0 aliphatic rings. The van der Waals surface area contributed by atoms with Crippen LogP contribution in [-0.2, 0) is 4.79 Å². The van der Waals surface area contributed by atoms with Gasteiger partial charge in [0.15, 0.2) is 0 Å². The van der Waals surface area contributed by atoms with E-state index in [1.165, 1.54) is 6.08 Å². The topological polar surface area (TPSA) is 37.3 Å². The van der Waals surface area contributed by atoms with Gasteiger partial charge in [0.2, 0.25) is 0 Å². The maximum absolute atomic E-state index is 10.1. The number of rotatable bonds is 4. The fourth-order valence-electron chi connectivity index (χ4n) is 0.379. The molecule has 0 saturated carbocycles. The van der Waals surface area contributed by atoms with Gasteiger partial charge in [0.05, 0.1) is 0 Å². The van der Waals surface area contributed by atoms with Crippen LogP contribution < -0.4 is 0 Å². The Morgan fingerprint density at radius 3 is 2.36 bits per heavy atom. The number of carboxylic acids is 1. The van der Waals surface area contributed by atoms with Crippen LogP contribution in [0.5, 0.6) is 0 Å². The largest absolute Gasteiger partial charge is 0.478 e. The average molecular weight is 174 g/mol. The van der Waals surface area contributed by atoms with Crippen molar-refractivity contribution in [2.24, 2.45) is 5.92 Å². The van der Waals surface area contributed by atoms with E-state index in [9.17, 15) is 4.79 Å². The Hall–Kier alpha value is -0.440. The van der Waals surface area contributed by atoms with Crippen molar-refractivity contribution in [1.82, 2.24) is 0 Å². The molecule has 11 heavy (non-hydrogen) atoms. The van der Waals surface area contributed by atoms with Crippen molar-refractivity contribution in [2.45, 2.75) is 26.0 Å². The standard InChI is InChI=1S/C8H14O2S/c1-6(2)7(3)11-5-4-8(9)10/h4-7H,1-3H3,(H,9,10)/b5-4+. The second kappa shape index (κ2) is 5.24. The van der Waals surface area contributed by atoms with Crippen molar-refractivity contribution < 1.29 is 9.90 Å². The molecule has 0 bridgehead atoms. The Kier molecular flexibility index (Phi) is 5.03. The molecule has 3 heteroatoms. The van der Waals surface area contributed by atoms with Crippen molar-refractivity contribution in [3.63, 3.8) is 0 Å². The number of hydrogen-bond donors (Lipinski definition) is 1. The predicted octanol–water partition coefficient (Wildman–Crippen LogP) is 2.36. The first kappa shape index (κ1) is 10.6. The van der Waals surface area contributed by atoms with Gasteiger partial charge in [-0.05, 0) is 11.3 Å². The molecular formula is C8H14O2S. The first-order chi connectivity index (χ1) is 5.04. The lowest BCUT2D eigenvalue weighted by Crippen LogP contribution is -2.03. The highest BCUT2D eigenvalue weighted by Crippen LogP contribution is 2.19. The molecule has 1 atom stereocenters. The maximum Gasteiger partial charge on any atom is 0.328 e. The van der Waals surface area contributed by atoms with Crippen LogP contribution in [0.1, 0.15) is 20.8 Å². The Bertz CT molecular complexity index is 152. The molecule has 64 valence electrons. The Labute approximate surface area is 71.7 Å². The Morgan fingerprint density at radius 1 is 1.45 bits per heavy atom. The molecule has 1 N–H and O–H groups in total. The number of aliphatic carboxylic acids is 1. The molecule has 0 spiro atoms. The second-order valence-electron chi connectivity index (χ2n) is 2.73. The molecule has 0 amide bonds. The molecule has 0 heterocycles. The minimum atomic E-state index is -0.881. The van der Waals surface area contributed by atoms with Gasteiger partial charge in [-0.2, -0.15) is 0 Å². The first-order valence-electron chi connectivity index (χ1n) is 3.59. The van der Waals surface area contributed by atoms with Gasteiger partial charge >= 0.3 is 5.97 Å². The fourth-order valence-corrected chi connectivity index (χ4v) is 1.14. The van der Waals surface area contributed by atoms with Gasteiger partial charge in [0.25, 0.3) is 0 Å². The molecular weight excluding hydrogens is 160 g/mol. The summed E-state index contributed by atoms with van der Waals surface area (Å²) in [4.78, 5) is 10.1. The molecule has 0 aliphatic heterocycles. The minimum absolute atomic E-state index is 0.477. The third-order valence-electron chi connectivity index (χ3n) is 1.44. The molecule has 0 aromatic heterocycles. The van der Waals surface area contributed by atoms with Crippen molar-refractivity contribution in [3.8, 4) is 0 Å². The van der Waals surface area contributed by atoms with E-state index in [2.05, 4.69) is 20.8 Å². The zero-order valence-corrected chi connectivity index (χ0v) is 7.89. The molecule has 0 aromatic rings. The van der Waals surface area contributed by atoms with Gasteiger partial charge in [-0.15, -0.1) is 11.8 Å². The molecule has 0 rings (SSSR count). The number of carbonyl (C=O) groups is 1. The van der Waals surface area contributed by atoms with E-state index in [1.807, 2.05) is 0 Å². The molecule has 0 fully saturated rings. The summed E-state index contributed by atoms with van der Waals surface area (Å²) < 4.78 is 0. The number of hydrogen-bond acceptors (Lipinski definition) is 2. The third-order valence-corrected chi connectivity index (χ3v) is 2.71. The smallest absolute Gasteiger partial charge is 0.328 e. The summed E-state index contributed by atoms with van der Waals surface area (Å²) in [5.41, 5.74) is 0. The summed E-state index contributed by atoms with van der Waals surface area (Å²) in [5.74, 6) is -0.299. The Balaban J connectivity index is 3.61. The summed E-state index contributed by atoms with van der Waals surface area (Å²) in [6, 6.07) is 0. The highest BCUT2D eigenvalue weighted by Gasteiger charge is 2.04. The fraction of sp³-hybridized carbons (Fsp3) is 0.625. The molecule has 0 aliphatic carbocycles. The van der Waals surface area contributed by atoms with E-state index in [1.54, 1.807) is 17.2 Å². The van der Waals surface area contributed by atoms with E-state index in [4.69, 9.17) is 5.11 Å². The van der Waals surface area contributed by atoms with Crippen LogP contribution >= 0.6 is 11.8 Å². The first-order valence-corrected chi connectivity index (χ1v) is 4.53. The monoisotopic (exact) mass is 174 g/mol. The molecule has 0 aromatic carbocycles. The molecule has 0 radical (unpaired) electrons. The zero-order chi connectivity index (χ0) is 8.85. The lowest BCUT2D eigenvalue weighted by molar-refractivity contribution is -0.131. The SMILES string of the molecule is CC(C)C(C)S/C=C/C(=O)O. The van der Waals surface area contributed by atoms with Gasteiger partial charge < -0.3 is 5.11 Å². The van der Waals surface area contributed by atoms with Crippen LogP contribution in [0.25, 0.3) is 0 Å². The second-order valence-corrected chi connectivity index (χ2v) is 4.01. The van der Waals surface area contributed by atoms with E-state index in [0.717, 1.165) is 0 Å². The van der Waals surface area contributed by atoms with Crippen LogP contribution in [0, 0.1) is 5.92 Å². The van der Waals surface area contributed by atoms with E-state index >= 15 is 0 Å². The highest BCUT2D eigenvalue weighted by atomic mass is 32.2. The lowest BCUT2D eigenvalue weighted by Gasteiger charge is -2.11.